The lowest BCUT2D eigenvalue weighted by molar-refractivity contribution is -0.131. The maximum absolute atomic E-state index is 13.9. The summed E-state index contributed by atoms with van der Waals surface area (Å²) in [5.74, 6) is -1.58. The third-order valence-electron chi connectivity index (χ3n) is 3.69. The van der Waals surface area contributed by atoms with E-state index in [-0.39, 0.29) is 11.6 Å². The van der Waals surface area contributed by atoms with E-state index >= 15 is 0 Å². The summed E-state index contributed by atoms with van der Waals surface area (Å²) in [6.07, 6.45) is 5.13. The third kappa shape index (κ3) is 4.15. The lowest BCUT2D eigenvalue weighted by Gasteiger charge is -2.13. The van der Waals surface area contributed by atoms with Gasteiger partial charge in [0.25, 0.3) is 5.91 Å². The Morgan fingerprint density at radius 3 is 2.71 bits per heavy atom. The van der Waals surface area contributed by atoms with Gasteiger partial charge in [-0.25, -0.2) is 9.18 Å². The lowest BCUT2D eigenvalue weighted by atomic mass is 10.1. The zero-order valence-corrected chi connectivity index (χ0v) is 11.8. The molecule has 1 amide bonds. The zero-order valence-electron chi connectivity index (χ0n) is 11.8. The van der Waals surface area contributed by atoms with Gasteiger partial charge in [-0.05, 0) is 49.0 Å². The molecule has 1 aliphatic rings. The van der Waals surface area contributed by atoms with Crippen LogP contribution in [0, 0.1) is 11.7 Å². The monoisotopic (exact) mass is 291 g/mol. The largest absolute Gasteiger partial charge is 0.478 e. The molecule has 0 saturated heterocycles. The molecular formula is C16H18FNO3. The zero-order chi connectivity index (χ0) is 15.4. The molecule has 0 heterocycles. The van der Waals surface area contributed by atoms with Gasteiger partial charge >= 0.3 is 5.97 Å². The number of hydrogen-bond acceptors (Lipinski definition) is 2. The molecule has 1 fully saturated rings. The summed E-state index contributed by atoms with van der Waals surface area (Å²) in [6.45, 7) is 2.14. The molecule has 0 aliphatic heterocycles. The highest BCUT2D eigenvalue weighted by atomic mass is 19.1. The van der Waals surface area contributed by atoms with Gasteiger partial charge < -0.3 is 10.4 Å². The van der Waals surface area contributed by atoms with Gasteiger partial charge in [0.15, 0.2) is 0 Å². The molecule has 2 atom stereocenters. The van der Waals surface area contributed by atoms with Crippen LogP contribution in [0.15, 0.2) is 24.3 Å². The standard InChI is InChI=1S/C16H18FNO3/c1-10-2-5-12(8-10)18-16(21)13-6-3-11(9-14(13)17)4-7-15(19)20/h3-4,6-7,9-10,12H,2,5,8H2,1H3,(H,18,21)(H,19,20)/b7-4+. The van der Waals surface area contributed by atoms with Crippen molar-refractivity contribution < 1.29 is 19.1 Å². The van der Waals surface area contributed by atoms with Crippen molar-refractivity contribution in [3.8, 4) is 0 Å². The van der Waals surface area contributed by atoms with Crippen molar-refractivity contribution in [3.05, 3.63) is 41.2 Å². The fraction of sp³-hybridized carbons (Fsp3) is 0.375. The second kappa shape index (κ2) is 6.52. The Labute approximate surface area is 122 Å². The van der Waals surface area contributed by atoms with Gasteiger partial charge in [-0.15, -0.1) is 0 Å². The van der Waals surface area contributed by atoms with Gasteiger partial charge in [-0.2, -0.15) is 0 Å². The van der Waals surface area contributed by atoms with Crippen LogP contribution in [-0.4, -0.2) is 23.0 Å². The minimum Gasteiger partial charge on any atom is -0.478 e. The summed E-state index contributed by atoms with van der Waals surface area (Å²) >= 11 is 0. The molecule has 1 aliphatic carbocycles. The van der Waals surface area contributed by atoms with Crippen molar-refractivity contribution in [2.75, 3.05) is 0 Å². The molecular weight excluding hydrogens is 273 g/mol. The number of carbonyl (C=O) groups excluding carboxylic acids is 1. The van der Waals surface area contributed by atoms with Gasteiger partial charge in [-0.3, -0.25) is 4.79 Å². The first-order chi connectivity index (χ1) is 9.95. The molecule has 4 nitrogen and oxygen atoms in total. The smallest absolute Gasteiger partial charge is 0.328 e. The van der Waals surface area contributed by atoms with E-state index in [1.807, 2.05) is 0 Å². The number of carboxylic acids is 1. The Morgan fingerprint density at radius 2 is 2.14 bits per heavy atom. The van der Waals surface area contributed by atoms with Crippen LogP contribution in [0.25, 0.3) is 6.08 Å². The highest BCUT2D eigenvalue weighted by molar-refractivity contribution is 5.95. The van der Waals surface area contributed by atoms with E-state index in [2.05, 4.69) is 12.2 Å². The van der Waals surface area contributed by atoms with Crippen LogP contribution >= 0.6 is 0 Å². The highest BCUT2D eigenvalue weighted by Gasteiger charge is 2.24. The van der Waals surface area contributed by atoms with Gasteiger partial charge in [-0.1, -0.05) is 13.0 Å². The van der Waals surface area contributed by atoms with Crippen LogP contribution < -0.4 is 5.32 Å². The minimum atomic E-state index is -1.10. The number of nitrogens with one attached hydrogen (secondary N) is 1. The number of hydrogen-bond donors (Lipinski definition) is 2. The topological polar surface area (TPSA) is 66.4 Å². The summed E-state index contributed by atoms with van der Waals surface area (Å²) < 4.78 is 13.9. The van der Waals surface area contributed by atoms with E-state index < -0.39 is 17.7 Å². The summed E-state index contributed by atoms with van der Waals surface area (Å²) in [5.41, 5.74) is 0.392. The predicted octanol–water partition coefficient (Wildman–Crippen LogP) is 2.84. The van der Waals surface area contributed by atoms with E-state index in [1.54, 1.807) is 0 Å². The summed E-state index contributed by atoms with van der Waals surface area (Å²) in [5, 5.41) is 11.4. The summed E-state index contributed by atoms with van der Waals surface area (Å²) in [7, 11) is 0. The second-order valence-electron chi connectivity index (χ2n) is 5.50. The fourth-order valence-electron chi connectivity index (χ4n) is 2.59. The van der Waals surface area contributed by atoms with Crippen LogP contribution in [0.5, 0.6) is 0 Å². The lowest BCUT2D eigenvalue weighted by Crippen LogP contribution is -2.33. The maximum Gasteiger partial charge on any atom is 0.328 e. The molecule has 1 aromatic carbocycles. The molecule has 0 radical (unpaired) electrons. The van der Waals surface area contributed by atoms with E-state index in [9.17, 15) is 14.0 Å². The number of rotatable bonds is 4. The molecule has 0 aromatic heterocycles. The van der Waals surface area contributed by atoms with Crippen LogP contribution in [0.4, 0.5) is 4.39 Å². The van der Waals surface area contributed by atoms with Crippen LogP contribution in [0.3, 0.4) is 0 Å². The van der Waals surface area contributed by atoms with Crippen molar-refractivity contribution in [1.82, 2.24) is 5.32 Å². The molecule has 0 bridgehead atoms. The Morgan fingerprint density at radius 1 is 1.38 bits per heavy atom. The minimum absolute atomic E-state index is 0.0120. The van der Waals surface area contributed by atoms with E-state index in [1.165, 1.54) is 18.2 Å². The molecule has 5 heteroatoms. The quantitative estimate of drug-likeness (QED) is 0.838. The summed E-state index contributed by atoms with van der Waals surface area (Å²) in [6, 6.07) is 4.17. The number of carbonyl (C=O) groups is 2. The Kier molecular flexibility index (Phi) is 4.73. The number of benzene rings is 1. The van der Waals surface area contributed by atoms with Crippen molar-refractivity contribution in [2.45, 2.75) is 32.2 Å². The third-order valence-corrected chi connectivity index (χ3v) is 3.69. The average Bonchev–Trinajstić information content (AvgIpc) is 2.81. The Hall–Kier alpha value is -2.17. The van der Waals surface area contributed by atoms with Crippen molar-refractivity contribution in [3.63, 3.8) is 0 Å². The van der Waals surface area contributed by atoms with E-state index in [4.69, 9.17) is 5.11 Å². The Balaban J connectivity index is 2.06. The Bertz CT molecular complexity index is 583. The first-order valence-corrected chi connectivity index (χ1v) is 6.97. The fourth-order valence-corrected chi connectivity index (χ4v) is 2.59. The van der Waals surface area contributed by atoms with E-state index in [0.29, 0.717) is 11.5 Å². The van der Waals surface area contributed by atoms with Gasteiger partial charge in [0.2, 0.25) is 0 Å². The second-order valence-corrected chi connectivity index (χ2v) is 5.50. The van der Waals surface area contributed by atoms with Crippen molar-refractivity contribution in [1.29, 1.82) is 0 Å². The van der Waals surface area contributed by atoms with Crippen LogP contribution in [0.1, 0.15) is 42.1 Å². The van der Waals surface area contributed by atoms with Gasteiger partial charge in [0.05, 0.1) is 5.56 Å². The maximum atomic E-state index is 13.9. The molecule has 1 saturated carbocycles. The molecule has 2 rings (SSSR count). The highest BCUT2D eigenvalue weighted by Crippen LogP contribution is 2.25. The molecule has 0 spiro atoms. The molecule has 2 N–H and O–H groups in total. The molecule has 112 valence electrons. The number of amides is 1. The molecule has 1 aromatic rings. The van der Waals surface area contributed by atoms with Crippen LogP contribution in [-0.2, 0) is 4.79 Å². The first-order valence-electron chi connectivity index (χ1n) is 6.97. The van der Waals surface area contributed by atoms with E-state index in [0.717, 1.165) is 31.4 Å². The van der Waals surface area contributed by atoms with Crippen molar-refractivity contribution in [2.24, 2.45) is 5.92 Å². The van der Waals surface area contributed by atoms with Gasteiger partial charge in [0, 0.05) is 12.1 Å². The normalized spacial score (nSPS) is 21.6. The SMILES string of the molecule is CC1CCC(NC(=O)c2ccc(/C=C/C(=O)O)cc2F)C1. The number of carboxylic acid groups (broad SMARTS) is 1. The average molecular weight is 291 g/mol. The first kappa shape index (κ1) is 15.2. The number of aliphatic carboxylic acids is 1. The molecule has 2 unspecified atom stereocenters. The van der Waals surface area contributed by atoms with Gasteiger partial charge in [0.1, 0.15) is 5.82 Å². The summed E-state index contributed by atoms with van der Waals surface area (Å²) in [4.78, 5) is 22.5. The van der Waals surface area contributed by atoms with Crippen molar-refractivity contribution >= 4 is 18.0 Å². The number of halogens is 1. The predicted molar refractivity (Wildman–Crippen MR) is 77.3 cm³/mol. The molecule has 21 heavy (non-hydrogen) atoms. The van der Waals surface area contributed by atoms with Crippen LogP contribution in [0.2, 0.25) is 0 Å².